The number of carbonyl (C=O) groups excluding carboxylic acids is 2. The summed E-state index contributed by atoms with van der Waals surface area (Å²) >= 11 is 5.87. The van der Waals surface area contributed by atoms with Gasteiger partial charge in [0.2, 0.25) is 0 Å². The Morgan fingerprint density at radius 2 is 2.00 bits per heavy atom. The predicted molar refractivity (Wildman–Crippen MR) is 94.5 cm³/mol. The van der Waals surface area contributed by atoms with Gasteiger partial charge >= 0.3 is 12.0 Å². The zero-order chi connectivity index (χ0) is 17.4. The molecule has 0 atom stereocenters. The normalized spacial score (nSPS) is 14.9. The highest BCUT2D eigenvalue weighted by atomic mass is 35.5. The summed E-state index contributed by atoms with van der Waals surface area (Å²) in [5.41, 5.74) is 0.820. The zero-order valence-electron chi connectivity index (χ0n) is 14.1. The van der Waals surface area contributed by atoms with Crippen LogP contribution >= 0.6 is 11.6 Å². The number of hydrogen-bond acceptors (Lipinski definition) is 3. The number of amides is 2. The maximum atomic E-state index is 11.8. The fourth-order valence-corrected chi connectivity index (χ4v) is 3.05. The Labute approximate surface area is 148 Å². The molecule has 1 aromatic carbocycles. The first-order valence-corrected chi connectivity index (χ1v) is 8.93. The molecular weight excluding hydrogens is 328 g/mol. The first kappa shape index (κ1) is 18.6. The molecule has 2 rings (SSSR count). The minimum absolute atomic E-state index is 0.149. The van der Waals surface area contributed by atoms with E-state index < -0.39 is 0 Å². The lowest BCUT2D eigenvalue weighted by Gasteiger charge is -2.22. The summed E-state index contributed by atoms with van der Waals surface area (Å²) in [7, 11) is 0. The van der Waals surface area contributed by atoms with E-state index in [0.29, 0.717) is 23.7 Å². The summed E-state index contributed by atoms with van der Waals surface area (Å²) in [6.07, 6.45) is 6.53. The SMILES string of the molecule is Cc1cc(Cl)ccc1OC(=O)CCCNC(=O)NC1CCCCC1. The molecule has 0 bridgehead atoms. The van der Waals surface area contributed by atoms with Gasteiger partial charge < -0.3 is 15.4 Å². The van der Waals surface area contributed by atoms with Gasteiger partial charge in [-0.1, -0.05) is 30.9 Å². The molecule has 1 saturated carbocycles. The Kier molecular flexibility index (Phi) is 7.37. The highest BCUT2D eigenvalue weighted by Crippen LogP contribution is 2.22. The molecule has 1 fully saturated rings. The van der Waals surface area contributed by atoms with Crippen LogP contribution in [0.3, 0.4) is 0 Å². The van der Waals surface area contributed by atoms with Gasteiger partial charge in [-0.05, 0) is 49.9 Å². The summed E-state index contributed by atoms with van der Waals surface area (Å²) in [4.78, 5) is 23.6. The van der Waals surface area contributed by atoms with E-state index in [1.54, 1.807) is 18.2 Å². The van der Waals surface area contributed by atoms with E-state index >= 15 is 0 Å². The second-order valence-corrected chi connectivity index (χ2v) is 6.66. The molecule has 5 nitrogen and oxygen atoms in total. The van der Waals surface area contributed by atoms with Crippen LogP contribution in [0.1, 0.15) is 50.5 Å². The fraction of sp³-hybridized carbons (Fsp3) is 0.556. The van der Waals surface area contributed by atoms with E-state index in [9.17, 15) is 9.59 Å². The summed E-state index contributed by atoms with van der Waals surface area (Å²) in [5, 5.41) is 6.39. The van der Waals surface area contributed by atoms with E-state index in [0.717, 1.165) is 18.4 Å². The predicted octanol–water partition coefficient (Wildman–Crippen LogP) is 3.97. The highest BCUT2D eigenvalue weighted by molar-refractivity contribution is 6.30. The van der Waals surface area contributed by atoms with Crippen LogP contribution < -0.4 is 15.4 Å². The van der Waals surface area contributed by atoms with Gasteiger partial charge in [-0.3, -0.25) is 4.79 Å². The van der Waals surface area contributed by atoms with Crippen LogP contribution in [-0.2, 0) is 4.79 Å². The van der Waals surface area contributed by atoms with E-state index in [-0.39, 0.29) is 24.5 Å². The smallest absolute Gasteiger partial charge is 0.315 e. The number of esters is 1. The van der Waals surface area contributed by atoms with Gasteiger partial charge in [-0.2, -0.15) is 0 Å². The third-order valence-electron chi connectivity index (χ3n) is 4.14. The Bertz CT molecular complexity index is 571. The molecule has 0 aromatic heterocycles. The van der Waals surface area contributed by atoms with E-state index in [2.05, 4.69) is 10.6 Å². The number of benzene rings is 1. The monoisotopic (exact) mass is 352 g/mol. The molecule has 0 aliphatic heterocycles. The summed E-state index contributed by atoms with van der Waals surface area (Å²) < 4.78 is 5.30. The molecule has 132 valence electrons. The van der Waals surface area contributed by atoms with Crippen LogP contribution in [0.4, 0.5) is 4.79 Å². The molecule has 2 amide bonds. The Hall–Kier alpha value is -1.75. The molecule has 6 heteroatoms. The lowest BCUT2D eigenvalue weighted by Crippen LogP contribution is -2.43. The second kappa shape index (κ2) is 9.52. The number of halogens is 1. The number of ether oxygens (including phenoxy) is 1. The molecule has 0 unspecified atom stereocenters. The summed E-state index contributed by atoms with van der Waals surface area (Å²) in [6, 6.07) is 5.27. The second-order valence-electron chi connectivity index (χ2n) is 6.22. The van der Waals surface area contributed by atoms with Crippen molar-refractivity contribution in [3.63, 3.8) is 0 Å². The molecule has 0 saturated heterocycles. The van der Waals surface area contributed by atoms with Crippen LogP contribution in [0.2, 0.25) is 5.02 Å². The summed E-state index contributed by atoms with van der Waals surface area (Å²) in [5.74, 6) is 0.210. The van der Waals surface area contributed by atoms with Crippen molar-refractivity contribution in [2.24, 2.45) is 0 Å². The standard InChI is InChI=1S/C18H25ClN2O3/c1-13-12-14(19)9-10-16(13)24-17(22)8-5-11-20-18(23)21-15-6-3-2-4-7-15/h9-10,12,15H,2-8,11H2,1H3,(H2,20,21,23). The molecule has 2 N–H and O–H groups in total. The van der Waals surface area contributed by atoms with Crippen LogP contribution in [-0.4, -0.2) is 24.6 Å². The Morgan fingerprint density at radius 3 is 2.71 bits per heavy atom. The van der Waals surface area contributed by atoms with Gasteiger partial charge in [0.05, 0.1) is 0 Å². The number of carbonyl (C=O) groups is 2. The van der Waals surface area contributed by atoms with Gasteiger partial charge in [0.15, 0.2) is 0 Å². The highest BCUT2D eigenvalue weighted by Gasteiger charge is 2.15. The topological polar surface area (TPSA) is 67.4 Å². The van der Waals surface area contributed by atoms with E-state index in [4.69, 9.17) is 16.3 Å². The molecule has 0 radical (unpaired) electrons. The Balaban J connectivity index is 1.61. The number of aryl methyl sites for hydroxylation is 1. The minimum Gasteiger partial charge on any atom is -0.426 e. The number of urea groups is 1. The van der Waals surface area contributed by atoms with Gasteiger partial charge in [0.1, 0.15) is 5.75 Å². The quantitative estimate of drug-likeness (QED) is 0.462. The fourth-order valence-electron chi connectivity index (χ4n) is 2.82. The molecule has 1 aliphatic rings. The van der Waals surface area contributed by atoms with Gasteiger partial charge in [-0.25, -0.2) is 4.79 Å². The van der Waals surface area contributed by atoms with Gasteiger partial charge in [-0.15, -0.1) is 0 Å². The van der Waals surface area contributed by atoms with Crippen molar-refractivity contribution in [3.8, 4) is 5.75 Å². The first-order valence-electron chi connectivity index (χ1n) is 8.56. The minimum atomic E-state index is -0.310. The molecule has 1 aliphatic carbocycles. The number of rotatable bonds is 6. The first-order chi connectivity index (χ1) is 11.5. The van der Waals surface area contributed by atoms with Gasteiger partial charge in [0.25, 0.3) is 0 Å². The van der Waals surface area contributed by atoms with Crippen LogP contribution in [0, 0.1) is 6.92 Å². The lowest BCUT2D eigenvalue weighted by molar-refractivity contribution is -0.134. The van der Waals surface area contributed by atoms with Crippen LogP contribution in [0.25, 0.3) is 0 Å². The third-order valence-corrected chi connectivity index (χ3v) is 4.38. The van der Waals surface area contributed by atoms with Crippen molar-refractivity contribution in [1.82, 2.24) is 10.6 Å². The van der Waals surface area contributed by atoms with Crippen molar-refractivity contribution in [2.75, 3.05) is 6.54 Å². The van der Waals surface area contributed by atoms with Crippen LogP contribution in [0.15, 0.2) is 18.2 Å². The van der Waals surface area contributed by atoms with E-state index in [1.807, 2.05) is 6.92 Å². The lowest BCUT2D eigenvalue weighted by atomic mass is 9.96. The Morgan fingerprint density at radius 1 is 1.25 bits per heavy atom. The largest absolute Gasteiger partial charge is 0.426 e. The molecule has 0 spiro atoms. The third kappa shape index (κ3) is 6.40. The maximum Gasteiger partial charge on any atom is 0.315 e. The maximum absolute atomic E-state index is 11.8. The molecular formula is C18H25ClN2O3. The summed E-state index contributed by atoms with van der Waals surface area (Å²) in [6.45, 7) is 2.29. The number of nitrogens with one attached hydrogen (secondary N) is 2. The average molecular weight is 353 g/mol. The molecule has 0 heterocycles. The van der Waals surface area contributed by atoms with Crippen molar-refractivity contribution in [1.29, 1.82) is 0 Å². The van der Waals surface area contributed by atoms with Crippen molar-refractivity contribution in [3.05, 3.63) is 28.8 Å². The zero-order valence-corrected chi connectivity index (χ0v) is 14.8. The van der Waals surface area contributed by atoms with Gasteiger partial charge in [0, 0.05) is 24.0 Å². The van der Waals surface area contributed by atoms with Crippen molar-refractivity contribution >= 4 is 23.6 Å². The van der Waals surface area contributed by atoms with E-state index in [1.165, 1.54) is 19.3 Å². The average Bonchev–Trinajstić information content (AvgIpc) is 2.55. The van der Waals surface area contributed by atoms with Crippen molar-refractivity contribution in [2.45, 2.75) is 57.9 Å². The molecule has 24 heavy (non-hydrogen) atoms. The van der Waals surface area contributed by atoms with Crippen molar-refractivity contribution < 1.29 is 14.3 Å². The molecule has 1 aromatic rings. The van der Waals surface area contributed by atoms with Crippen LogP contribution in [0.5, 0.6) is 5.75 Å². The number of hydrogen-bond donors (Lipinski definition) is 2.